The van der Waals surface area contributed by atoms with Crippen molar-refractivity contribution in [2.24, 2.45) is 34.5 Å². The first-order valence-electron chi connectivity index (χ1n) is 11.6. The van der Waals surface area contributed by atoms with Crippen molar-refractivity contribution < 1.29 is 0 Å². The van der Waals surface area contributed by atoms with Crippen LogP contribution in [0, 0.1) is 23.7 Å². The average Bonchev–Trinajstić information content (AvgIpc) is 3.57. The zero-order valence-corrected chi connectivity index (χ0v) is 16.7. The Morgan fingerprint density at radius 3 is 1.67 bits per heavy atom. The summed E-state index contributed by atoms with van der Waals surface area (Å²) in [6.07, 6.45) is 22.1. The van der Waals surface area contributed by atoms with Crippen molar-refractivity contribution in [3.8, 4) is 0 Å². The van der Waals surface area contributed by atoms with Crippen LogP contribution in [0.5, 0.6) is 0 Å². The fourth-order valence-electron chi connectivity index (χ4n) is 5.17. The first-order valence-corrected chi connectivity index (χ1v) is 11.6. The van der Waals surface area contributed by atoms with E-state index in [1.165, 1.54) is 96.3 Å². The first kappa shape index (κ1) is 22.6. The molecule has 0 saturated heterocycles. The van der Waals surface area contributed by atoms with Crippen molar-refractivity contribution in [2.75, 3.05) is 0 Å². The van der Waals surface area contributed by atoms with Crippen LogP contribution < -0.4 is 5.73 Å². The Kier molecular flexibility index (Phi) is 10.00. The van der Waals surface area contributed by atoms with Crippen LogP contribution in [-0.2, 0) is 0 Å². The second-order valence-electron chi connectivity index (χ2n) is 9.59. The van der Waals surface area contributed by atoms with Gasteiger partial charge in [0.05, 0.1) is 0 Å². The molecule has 0 radical (unpaired) electrons. The average molecular weight is 377 g/mol. The predicted molar refractivity (Wildman–Crippen MR) is 115 cm³/mol. The maximum atomic E-state index is 8.50. The van der Waals surface area contributed by atoms with E-state index in [-0.39, 0.29) is 7.43 Å². The maximum Gasteiger partial charge on any atom is 0.0405 e. The largest absolute Gasteiger partial charge is 0.327 e. The maximum absolute atomic E-state index is 8.50. The molecule has 4 fully saturated rings. The minimum Gasteiger partial charge on any atom is -0.327 e. The molecule has 4 aliphatic carbocycles. The van der Waals surface area contributed by atoms with E-state index >= 15 is 0 Å². The summed E-state index contributed by atoms with van der Waals surface area (Å²) >= 11 is 0. The number of rotatable bonds is 7. The lowest BCUT2D eigenvalue weighted by atomic mass is 9.84. The first-order chi connectivity index (χ1) is 12.8. The van der Waals surface area contributed by atoms with Crippen LogP contribution in [0.2, 0.25) is 0 Å². The summed E-state index contributed by atoms with van der Waals surface area (Å²) in [5.41, 5.74) is 14.6. The Bertz CT molecular complexity index is 439. The number of nitrogens with two attached hydrogens (primary N) is 1. The van der Waals surface area contributed by atoms with Crippen LogP contribution >= 0.6 is 0 Å². The molecule has 2 unspecified atom stereocenters. The Balaban J connectivity index is 0.000000189. The molecule has 4 saturated carbocycles. The third-order valence-corrected chi connectivity index (χ3v) is 7.22. The van der Waals surface area contributed by atoms with Crippen molar-refractivity contribution in [3.05, 3.63) is 10.4 Å². The number of hydrogen-bond acceptors (Lipinski definition) is 2. The Hall–Kier alpha value is -0.730. The number of hydrogen-bond donors (Lipinski definition) is 1. The minimum absolute atomic E-state index is 0. The van der Waals surface area contributed by atoms with Crippen molar-refractivity contribution in [1.82, 2.24) is 0 Å². The molecule has 0 bridgehead atoms. The van der Waals surface area contributed by atoms with E-state index in [0.717, 1.165) is 30.1 Å². The molecule has 2 atom stereocenters. The summed E-state index contributed by atoms with van der Waals surface area (Å²) in [5.74, 6) is 3.47. The lowest BCUT2D eigenvalue weighted by Crippen LogP contribution is -2.26. The smallest absolute Gasteiger partial charge is 0.0405 e. The molecule has 156 valence electrons. The van der Waals surface area contributed by atoms with Gasteiger partial charge < -0.3 is 5.73 Å². The van der Waals surface area contributed by atoms with Gasteiger partial charge in [0.25, 0.3) is 0 Å². The van der Waals surface area contributed by atoms with Gasteiger partial charge in [-0.1, -0.05) is 76.7 Å². The summed E-state index contributed by atoms with van der Waals surface area (Å²) in [4.78, 5) is 2.99. The van der Waals surface area contributed by atoms with E-state index in [2.05, 4.69) is 10.0 Å². The molecule has 0 aliphatic heterocycles. The fraction of sp³-hybridized carbons (Fsp3) is 1.00. The monoisotopic (exact) mass is 376 g/mol. The Morgan fingerprint density at radius 1 is 0.741 bits per heavy atom. The molecule has 0 aromatic heterocycles. The van der Waals surface area contributed by atoms with Gasteiger partial charge in [0.1, 0.15) is 0 Å². The van der Waals surface area contributed by atoms with E-state index < -0.39 is 0 Å². The lowest BCUT2D eigenvalue weighted by molar-refractivity contribution is 0.308. The van der Waals surface area contributed by atoms with Crippen LogP contribution in [0.3, 0.4) is 0 Å². The van der Waals surface area contributed by atoms with Gasteiger partial charge in [0, 0.05) is 17.0 Å². The molecular weight excluding hydrogens is 332 g/mol. The van der Waals surface area contributed by atoms with Gasteiger partial charge in [-0.05, 0) is 67.7 Å². The summed E-state index contributed by atoms with van der Waals surface area (Å²) in [7, 11) is 0. The molecule has 0 heterocycles. The van der Waals surface area contributed by atoms with Crippen molar-refractivity contribution in [1.29, 1.82) is 0 Å². The van der Waals surface area contributed by atoms with Crippen molar-refractivity contribution in [3.63, 3.8) is 0 Å². The predicted octanol–water partition coefficient (Wildman–Crippen LogP) is 7.38. The molecule has 4 rings (SSSR count). The van der Waals surface area contributed by atoms with Crippen LogP contribution in [0.4, 0.5) is 0 Å². The molecule has 4 heteroatoms. The van der Waals surface area contributed by atoms with Crippen LogP contribution in [0.1, 0.15) is 110 Å². The second-order valence-corrected chi connectivity index (χ2v) is 9.59. The highest BCUT2D eigenvalue weighted by Gasteiger charge is 2.32. The zero-order chi connectivity index (χ0) is 18.2. The van der Waals surface area contributed by atoms with E-state index in [4.69, 9.17) is 11.3 Å². The third-order valence-electron chi connectivity index (χ3n) is 7.22. The number of nitrogens with zero attached hydrogens (tertiary/aromatic N) is 3. The van der Waals surface area contributed by atoms with Gasteiger partial charge in [-0.2, -0.15) is 0 Å². The molecule has 4 nitrogen and oxygen atoms in total. The standard InChI is InChI=1S/C11H19N3.C11H21N.CH4/c12-14-13-11(10-6-7-10)8-9-4-2-1-3-5-9;12-11(10-6-7-10)8-9-4-2-1-3-5-9;/h9-11H,1-8H2;9-11H,1-8,12H2;1H4. The minimum atomic E-state index is 0. The highest BCUT2D eigenvalue weighted by molar-refractivity contribution is 4.88. The summed E-state index contributed by atoms with van der Waals surface area (Å²) in [6.45, 7) is 0. The topological polar surface area (TPSA) is 74.8 Å². The molecule has 0 aromatic carbocycles. The van der Waals surface area contributed by atoms with Crippen molar-refractivity contribution in [2.45, 2.75) is 122 Å². The zero-order valence-electron chi connectivity index (χ0n) is 16.7. The van der Waals surface area contributed by atoms with Gasteiger partial charge in [-0.3, -0.25) is 0 Å². The summed E-state index contributed by atoms with van der Waals surface area (Å²) in [6, 6.07) is 0.871. The molecule has 0 aromatic rings. The van der Waals surface area contributed by atoms with E-state index in [9.17, 15) is 0 Å². The van der Waals surface area contributed by atoms with Gasteiger partial charge in [0.15, 0.2) is 0 Å². The van der Waals surface area contributed by atoms with Gasteiger partial charge in [-0.15, -0.1) is 0 Å². The molecule has 0 spiro atoms. The van der Waals surface area contributed by atoms with E-state index in [1.807, 2.05) is 0 Å². The highest BCUT2D eigenvalue weighted by Crippen LogP contribution is 2.40. The molecule has 2 N–H and O–H groups in total. The van der Waals surface area contributed by atoms with E-state index in [1.54, 1.807) is 0 Å². The van der Waals surface area contributed by atoms with Gasteiger partial charge in [0.2, 0.25) is 0 Å². The Labute approximate surface area is 167 Å². The molecule has 4 aliphatic rings. The second kappa shape index (κ2) is 12.0. The van der Waals surface area contributed by atoms with Crippen LogP contribution in [-0.4, -0.2) is 12.1 Å². The Morgan fingerprint density at radius 2 is 1.22 bits per heavy atom. The quantitative estimate of drug-likeness (QED) is 0.281. The van der Waals surface area contributed by atoms with Crippen LogP contribution in [0.15, 0.2) is 5.11 Å². The highest BCUT2D eigenvalue weighted by atomic mass is 15.2. The van der Waals surface area contributed by atoms with Gasteiger partial charge in [-0.25, -0.2) is 0 Å². The van der Waals surface area contributed by atoms with E-state index in [0.29, 0.717) is 12.1 Å². The third kappa shape index (κ3) is 8.44. The van der Waals surface area contributed by atoms with Gasteiger partial charge >= 0.3 is 0 Å². The van der Waals surface area contributed by atoms with Crippen molar-refractivity contribution >= 4 is 0 Å². The van der Waals surface area contributed by atoms with Crippen LogP contribution in [0.25, 0.3) is 10.4 Å². The summed E-state index contributed by atoms with van der Waals surface area (Å²) in [5, 5.41) is 3.96. The number of azide groups is 1. The molecular formula is C23H44N4. The fourth-order valence-corrected chi connectivity index (χ4v) is 5.17. The SMILES string of the molecule is C.NC(CC1CCCCC1)C1CC1.[N-]=[N+]=NC(CC1CCCCC1)C1CC1. The normalized spacial score (nSPS) is 26.0. The lowest BCUT2D eigenvalue weighted by Gasteiger charge is -2.24. The molecule has 0 amide bonds. The summed E-state index contributed by atoms with van der Waals surface area (Å²) < 4.78 is 0. The molecule has 27 heavy (non-hydrogen) atoms.